The SMILES string of the molecule is CC(F)(F)C(F)(F)C(F)(F)C(C)(F)P(=O)(OF)OF. The van der Waals surface area contributed by atoms with E-state index in [4.69, 9.17) is 0 Å². The zero-order valence-electron chi connectivity index (χ0n) is 9.07. The summed E-state index contributed by atoms with van der Waals surface area (Å²) in [5.74, 6) is -18.4. The molecule has 3 nitrogen and oxygen atoms in total. The summed E-state index contributed by atoms with van der Waals surface area (Å²) in [6.45, 7) is -1.43. The third-order valence-corrected chi connectivity index (χ3v) is 3.89. The van der Waals surface area contributed by atoms with E-state index in [1.807, 2.05) is 9.46 Å². The minimum Gasteiger partial charge on any atom is -0.251 e. The maximum Gasteiger partial charge on any atom is 0.435 e. The fraction of sp³-hybridized carbons (Fsp3) is 1.00. The fourth-order valence-corrected chi connectivity index (χ4v) is 1.64. The van der Waals surface area contributed by atoms with Gasteiger partial charge < -0.3 is 0 Å². The van der Waals surface area contributed by atoms with Gasteiger partial charge in [0.25, 0.3) is 5.41 Å². The van der Waals surface area contributed by atoms with Crippen LogP contribution in [-0.4, -0.2) is 23.2 Å². The van der Waals surface area contributed by atoms with Crippen LogP contribution >= 0.6 is 7.60 Å². The standard InChI is InChI=1S/C6H6F9O3P/c1-3(7,8)5(10,11)6(12,13)4(2,9)19(16,17-14)18-15/h1-2H3. The molecule has 0 heterocycles. The van der Waals surface area contributed by atoms with Crippen molar-refractivity contribution in [1.82, 2.24) is 0 Å². The maximum absolute atomic E-state index is 13.4. The lowest BCUT2D eigenvalue weighted by atomic mass is 10.0. The Balaban J connectivity index is 5.98. The Kier molecular flexibility index (Phi) is 4.69. The summed E-state index contributed by atoms with van der Waals surface area (Å²) >= 11 is 0. The molecule has 1 unspecified atom stereocenters. The monoisotopic (exact) mass is 328 g/mol. The molecule has 0 aliphatic rings. The van der Waals surface area contributed by atoms with Gasteiger partial charge in [-0.05, 0) is 16.0 Å². The lowest BCUT2D eigenvalue weighted by Gasteiger charge is -2.37. The van der Waals surface area contributed by atoms with E-state index in [1.54, 1.807) is 0 Å². The van der Waals surface area contributed by atoms with Crippen LogP contribution in [0.1, 0.15) is 13.8 Å². The first kappa shape index (κ1) is 18.5. The van der Waals surface area contributed by atoms with Crippen molar-refractivity contribution in [3.63, 3.8) is 0 Å². The van der Waals surface area contributed by atoms with E-state index in [9.17, 15) is 44.4 Å². The Morgan fingerprint density at radius 3 is 1.32 bits per heavy atom. The van der Waals surface area contributed by atoms with Crippen molar-refractivity contribution < 1.29 is 53.8 Å². The second-order valence-electron chi connectivity index (χ2n) is 3.63. The molecule has 0 aromatic rings. The minimum atomic E-state index is -6.73. The molecule has 0 saturated heterocycles. The molecule has 0 bridgehead atoms. The predicted molar refractivity (Wildman–Crippen MR) is 42.0 cm³/mol. The number of rotatable bonds is 6. The molecule has 0 spiro atoms. The topological polar surface area (TPSA) is 35.5 Å². The van der Waals surface area contributed by atoms with Gasteiger partial charge in [-0.1, -0.05) is 0 Å². The smallest absolute Gasteiger partial charge is 0.251 e. The zero-order chi connectivity index (χ0) is 15.9. The highest BCUT2D eigenvalue weighted by Gasteiger charge is 2.82. The van der Waals surface area contributed by atoms with Crippen molar-refractivity contribution in [2.45, 2.75) is 37.0 Å². The molecule has 13 heteroatoms. The van der Waals surface area contributed by atoms with Crippen molar-refractivity contribution in [3.05, 3.63) is 0 Å². The Labute approximate surface area is 99.5 Å². The Hall–Kier alpha value is -0.480. The fourth-order valence-electron chi connectivity index (χ4n) is 0.874. The minimum absolute atomic E-state index is 0.700. The molecule has 0 rings (SSSR count). The molecule has 0 fully saturated rings. The molecule has 19 heavy (non-hydrogen) atoms. The predicted octanol–water partition coefficient (Wildman–Crippen LogP) is 4.59. The number of halogens is 9. The molecule has 0 aromatic carbocycles. The molecular formula is C6H6F9O3P. The molecule has 0 aliphatic carbocycles. The van der Waals surface area contributed by atoms with E-state index in [1.165, 1.54) is 0 Å². The molecule has 116 valence electrons. The average Bonchev–Trinajstić information content (AvgIpc) is 2.25. The quantitative estimate of drug-likeness (QED) is 0.528. The van der Waals surface area contributed by atoms with Crippen molar-refractivity contribution >= 4 is 7.60 Å². The highest BCUT2D eigenvalue weighted by molar-refractivity contribution is 7.55. The van der Waals surface area contributed by atoms with Crippen molar-refractivity contribution in [2.24, 2.45) is 0 Å². The highest BCUT2D eigenvalue weighted by atomic mass is 31.2. The van der Waals surface area contributed by atoms with E-state index >= 15 is 0 Å². The molecule has 1 atom stereocenters. The van der Waals surface area contributed by atoms with Crippen LogP contribution < -0.4 is 0 Å². The highest BCUT2D eigenvalue weighted by Crippen LogP contribution is 2.70. The first-order chi connectivity index (χ1) is 8.12. The summed E-state index contributed by atoms with van der Waals surface area (Å²) in [6.07, 6.45) is 0. The van der Waals surface area contributed by atoms with E-state index < -0.39 is 44.6 Å². The first-order valence-corrected chi connectivity index (χ1v) is 5.70. The van der Waals surface area contributed by atoms with Crippen LogP contribution in [0.2, 0.25) is 0 Å². The zero-order valence-corrected chi connectivity index (χ0v) is 9.97. The van der Waals surface area contributed by atoms with Crippen LogP contribution in [0.25, 0.3) is 0 Å². The molecule has 0 radical (unpaired) electrons. The molecule has 0 aromatic heterocycles. The maximum atomic E-state index is 13.4. The molecular weight excluding hydrogens is 322 g/mol. The van der Waals surface area contributed by atoms with Crippen LogP contribution in [0.15, 0.2) is 0 Å². The van der Waals surface area contributed by atoms with Crippen molar-refractivity contribution in [3.8, 4) is 0 Å². The number of alkyl halides is 7. The van der Waals surface area contributed by atoms with E-state index in [0.717, 1.165) is 0 Å². The average molecular weight is 328 g/mol. The van der Waals surface area contributed by atoms with E-state index in [-0.39, 0.29) is 0 Å². The first-order valence-electron chi connectivity index (χ1n) is 4.15. The summed E-state index contributed by atoms with van der Waals surface area (Å²) in [4.78, 5) is 0. The third-order valence-electron chi connectivity index (χ3n) is 2.21. The van der Waals surface area contributed by atoms with Crippen LogP contribution in [-0.2, 0) is 14.0 Å². The lowest BCUT2D eigenvalue weighted by molar-refractivity contribution is -0.328. The third kappa shape index (κ3) is 2.45. The van der Waals surface area contributed by atoms with Gasteiger partial charge in [-0.15, -0.1) is 9.46 Å². The van der Waals surface area contributed by atoms with Gasteiger partial charge in [-0.25, -0.2) is 4.39 Å². The van der Waals surface area contributed by atoms with Crippen LogP contribution in [0.5, 0.6) is 0 Å². The molecule has 0 N–H and O–H groups in total. The van der Waals surface area contributed by atoms with E-state index in [0.29, 0.717) is 0 Å². The number of hydrogen-bond acceptors (Lipinski definition) is 3. The Bertz CT molecular complexity index is 369. The van der Waals surface area contributed by atoms with Gasteiger partial charge in [0.05, 0.1) is 0 Å². The summed E-state index contributed by atoms with van der Waals surface area (Å²) in [5, 5.41) is -5.41. The van der Waals surface area contributed by atoms with Crippen molar-refractivity contribution in [2.75, 3.05) is 0 Å². The Morgan fingerprint density at radius 1 is 0.789 bits per heavy atom. The summed E-state index contributed by atoms with van der Waals surface area (Å²) in [7, 11) is -6.73. The van der Waals surface area contributed by atoms with Gasteiger partial charge in [-0.2, -0.15) is 26.3 Å². The molecule has 0 aliphatic heterocycles. The van der Waals surface area contributed by atoms with Crippen LogP contribution in [0.4, 0.5) is 39.8 Å². The van der Waals surface area contributed by atoms with Crippen LogP contribution in [0, 0.1) is 0 Å². The molecule has 0 amide bonds. The van der Waals surface area contributed by atoms with Crippen LogP contribution in [0.3, 0.4) is 0 Å². The summed E-state index contributed by atoms with van der Waals surface area (Å²) in [5.41, 5.74) is 0. The van der Waals surface area contributed by atoms with Gasteiger partial charge in [0.1, 0.15) is 0 Å². The van der Waals surface area contributed by atoms with Gasteiger partial charge in [0, 0.05) is 6.92 Å². The van der Waals surface area contributed by atoms with Gasteiger partial charge in [0.15, 0.2) is 0 Å². The summed E-state index contributed by atoms with van der Waals surface area (Å²) < 4.78 is 128. The van der Waals surface area contributed by atoms with Gasteiger partial charge in [0.2, 0.25) is 0 Å². The van der Waals surface area contributed by atoms with Gasteiger partial charge in [-0.3, -0.25) is 4.57 Å². The van der Waals surface area contributed by atoms with Crippen molar-refractivity contribution in [1.29, 1.82) is 0 Å². The second-order valence-corrected chi connectivity index (χ2v) is 5.74. The Morgan fingerprint density at radius 2 is 1.11 bits per heavy atom. The second kappa shape index (κ2) is 4.81. The normalized spacial score (nSPS) is 18.3. The number of hydrogen-bond donors (Lipinski definition) is 0. The van der Waals surface area contributed by atoms with Gasteiger partial charge >= 0.3 is 25.4 Å². The summed E-state index contributed by atoms with van der Waals surface area (Å²) in [6, 6.07) is 0. The lowest BCUT2D eigenvalue weighted by Crippen LogP contribution is -2.61. The largest absolute Gasteiger partial charge is 0.435 e. The van der Waals surface area contributed by atoms with E-state index in [2.05, 4.69) is 0 Å². The molecule has 0 saturated carbocycles.